The van der Waals surface area contributed by atoms with Gasteiger partial charge in [0.1, 0.15) is 5.78 Å². The number of nitrogens with one attached hydrogen (secondary N) is 2. The SMILES string of the molecule is CN(CCCCC(=O)C/C=C/COCCCOCCCNC(=O)C(C)(C)C)CCCNC(=O)CC(C)(C)C. The van der Waals surface area contributed by atoms with Gasteiger partial charge >= 0.3 is 0 Å². The van der Waals surface area contributed by atoms with E-state index in [1.165, 1.54) is 0 Å². The molecule has 0 saturated heterocycles. The van der Waals surface area contributed by atoms with Gasteiger partial charge in [-0.3, -0.25) is 14.4 Å². The maximum Gasteiger partial charge on any atom is 0.225 e. The third-order valence-corrected chi connectivity index (χ3v) is 5.71. The van der Waals surface area contributed by atoms with E-state index < -0.39 is 0 Å². The first-order valence-corrected chi connectivity index (χ1v) is 14.4. The first kappa shape index (κ1) is 36.2. The van der Waals surface area contributed by atoms with Gasteiger partial charge in [-0.25, -0.2) is 0 Å². The fraction of sp³-hybridized carbons (Fsp3) is 0.833. The summed E-state index contributed by atoms with van der Waals surface area (Å²) in [5.74, 6) is 0.445. The number of rotatable bonds is 22. The Morgan fingerprint density at radius 1 is 0.763 bits per heavy atom. The molecule has 0 saturated carbocycles. The van der Waals surface area contributed by atoms with Crippen LogP contribution in [0.3, 0.4) is 0 Å². The van der Waals surface area contributed by atoms with Gasteiger partial charge in [-0.15, -0.1) is 0 Å². The Balaban J connectivity index is 3.51. The summed E-state index contributed by atoms with van der Waals surface area (Å²) in [5, 5.41) is 5.90. The number of Topliss-reactive ketones (excluding diaryl/α,β-unsaturated/α-hetero) is 1. The zero-order valence-electron chi connectivity index (χ0n) is 25.5. The van der Waals surface area contributed by atoms with Crippen LogP contribution in [0.4, 0.5) is 0 Å². The van der Waals surface area contributed by atoms with Crippen LogP contribution in [0, 0.1) is 10.8 Å². The van der Waals surface area contributed by atoms with E-state index in [-0.39, 0.29) is 28.4 Å². The molecule has 0 aliphatic carbocycles. The van der Waals surface area contributed by atoms with Gasteiger partial charge in [0.15, 0.2) is 0 Å². The summed E-state index contributed by atoms with van der Waals surface area (Å²) >= 11 is 0. The van der Waals surface area contributed by atoms with Crippen LogP contribution < -0.4 is 10.6 Å². The van der Waals surface area contributed by atoms with Gasteiger partial charge in [-0.05, 0) is 57.7 Å². The molecule has 8 heteroatoms. The number of hydrogen-bond acceptors (Lipinski definition) is 6. The van der Waals surface area contributed by atoms with E-state index in [0.29, 0.717) is 58.8 Å². The van der Waals surface area contributed by atoms with Crippen molar-refractivity contribution >= 4 is 17.6 Å². The number of unbranched alkanes of at least 4 members (excludes halogenated alkanes) is 1. The molecular formula is C30H57N3O5. The van der Waals surface area contributed by atoms with Crippen molar-refractivity contribution in [2.75, 3.05) is 59.7 Å². The molecule has 0 bridgehead atoms. The molecule has 2 N–H and O–H groups in total. The molecule has 0 atom stereocenters. The van der Waals surface area contributed by atoms with Crippen LogP contribution in [0.5, 0.6) is 0 Å². The molecule has 222 valence electrons. The predicted molar refractivity (Wildman–Crippen MR) is 155 cm³/mol. The highest BCUT2D eigenvalue weighted by Crippen LogP contribution is 2.17. The summed E-state index contributed by atoms with van der Waals surface area (Å²) in [5.41, 5.74) is -0.333. The molecule has 0 unspecified atom stereocenters. The molecule has 38 heavy (non-hydrogen) atoms. The van der Waals surface area contributed by atoms with Crippen LogP contribution in [0.25, 0.3) is 0 Å². The fourth-order valence-corrected chi connectivity index (χ4v) is 3.48. The first-order chi connectivity index (χ1) is 17.8. The van der Waals surface area contributed by atoms with E-state index >= 15 is 0 Å². The van der Waals surface area contributed by atoms with E-state index in [1.54, 1.807) is 0 Å². The topological polar surface area (TPSA) is 97.0 Å². The molecule has 0 radical (unpaired) electrons. The molecule has 0 aliphatic heterocycles. The van der Waals surface area contributed by atoms with Crippen LogP contribution >= 0.6 is 0 Å². The van der Waals surface area contributed by atoms with Gasteiger partial charge in [0, 0.05) is 57.6 Å². The average Bonchev–Trinajstić information content (AvgIpc) is 2.80. The normalized spacial score (nSPS) is 12.3. The molecule has 0 aromatic heterocycles. The lowest BCUT2D eigenvalue weighted by molar-refractivity contribution is -0.128. The van der Waals surface area contributed by atoms with Crippen LogP contribution in [0.15, 0.2) is 12.2 Å². The largest absolute Gasteiger partial charge is 0.381 e. The minimum atomic E-state index is -0.355. The molecule has 2 amide bonds. The number of amides is 2. The van der Waals surface area contributed by atoms with Crippen molar-refractivity contribution in [3.63, 3.8) is 0 Å². The summed E-state index contributed by atoms with van der Waals surface area (Å²) in [7, 11) is 2.09. The van der Waals surface area contributed by atoms with E-state index in [4.69, 9.17) is 9.47 Å². The minimum absolute atomic E-state index is 0.0214. The van der Waals surface area contributed by atoms with E-state index in [1.807, 2.05) is 32.9 Å². The van der Waals surface area contributed by atoms with Gasteiger partial charge in [0.25, 0.3) is 0 Å². The lowest BCUT2D eigenvalue weighted by Gasteiger charge is -2.18. The van der Waals surface area contributed by atoms with Crippen LogP contribution in [-0.4, -0.2) is 82.2 Å². The highest BCUT2D eigenvalue weighted by Gasteiger charge is 2.20. The van der Waals surface area contributed by atoms with Gasteiger partial charge in [-0.2, -0.15) is 0 Å². The van der Waals surface area contributed by atoms with Crippen LogP contribution in [0.1, 0.15) is 92.9 Å². The Morgan fingerprint density at radius 3 is 2.08 bits per heavy atom. The molecular weight excluding hydrogens is 482 g/mol. The number of hydrogen-bond donors (Lipinski definition) is 2. The molecule has 0 aromatic carbocycles. The first-order valence-electron chi connectivity index (χ1n) is 14.4. The molecule has 0 heterocycles. The van der Waals surface area contributed by atoms with Crippen LogP contribution in [0.2, 0.25) is 0 Å². The zero-order valence-corrected chi connectivity index (χ0v) is 25.5. The van der Waals surface area contributed by atoms with Crippen molar-refractivity contribution in [1.29, 1.82) is 0 Å². The Kier molecular flexibility index (Phi) is 20.1. The summed E-state index contributed by atoms with van der Waals surface area (Å²) in [6.07, 6.45) is 9.88. The lowest BCUT2D eigenvalue weighted by atomic mass is 9.92. The van der Waals surface area contributed by atoms with Crippen molar-refractivity contribution in [1.82, 2.24) is 15.5 Å². The van der Waals surface area contributed by atoms with E-state index in [9.17, 15) is 14.4 Å². The van der Waals surface area contributed by atoms with Crippen LogP contribution in [-0.2, 0) is 23.9 Å². The van der Waals surface area contributed by atoms with Gasteiger partial charge in [-0.1, -0.05) is 53.7 Å². The summed E-state index contributed by atoms with van der Waals surface area (Å²) in [4.78, 5) is 37.9. The number of ether oxygens (including phenoxy) is 2. The molecule has 0 rings (SSSR count). The molecule has 0 aliphatic rings. The Morgan fingerprint density at radius 2 is 1.39 bits per heavy atom. The summed E-state index contributed by atoms with van der Waals surface area (Å²) in [6, 6.07) is 0. The molecule has 0 spiro atoms. The Labute approximate surface area is 232 Å². The van der Waals surface area contributed by atoms with Crippen molar-refractivity contribution in [2.24, 2.45) is 10.8 Å². The predicted octanol–water partition coefficient (Wildman–Crippen LogP) is 4.52. The number of nitrogens with zero attached hydrogens (tertiary/aromatic N) is 1. The third kappa shape index (κ3) is 24.6. The standard InChI is InChI=1S/C30H57N3O5/c1-29(2,3)25-27(35)31-17-12-20-33(7)19-10-8-15-26(34)16-9-11-21-37-23-14-24-38-22-13-18-32-28(36)30(4,5)6/h9,11H,8,10,12-25H2,1-7H3,(H,31,35)(H,32,36)/b11-9+. The Hall–Kier alpha value is -1.77. The molecule has 8 nitrogen and oxygen atoms in total. The monoisotopic (exact) mass is 539 g/mol. The minimum Gasteiger partial charge on any atom is -0.381 e. The van der Waals surface area contributed by atoms with Gasteiger partial charge < -0.3 is 25.0 Å². The second-order valence-electron chi connectivity index (χ2n) is 12.3. The van der Waals surface area contributed by atoms with Crippen molar-refractivity contribution in [2.45, 2.75) is 92.9 Å². The van der Waals surface area contributed by atoms with Crippen molar-refractivity contribution in [3.8, 4) is 0 Å². The quantitative estimate of drug-likeness (QED) is 0.155. The average molecular weight is 540 g/mol. The second-order valence-corrected chi connectivity index (χ2v) is 12.3. The Bertz CT molecular complexity index is 680. The number of carbonyl (C=O) groups excluding carboxylic acids is 3. The lowest BCUT2D eigenvalue weighted by Crippen LogP contribution is -2.35. The van der Waals surface area contributed by atoms with Crippen molar-refractivity contribution < 1.29 is 23.9 Å². The zero-order chi connectivity index (χ0) is 28.9. The summed E-state index contributed by atoms with van der Waals surface area (Å²) in [6.45, 7) is 17.5. The smallest absolute Gasteiger partial charge is 0.225 e. The second kappa shape index (κ2) is 21.1. The van der Waals surface area contributed by atoms with E-state index in [0.717, 1.165) is 45.2 Å². The number of allylic oxidation sites excluding steroid dienone is 1. The fourth-order valence-electron chi connectivity index (χ4n) is 3.48. The highest BCUT2D eigenvalue weighted by atomic mass is 16.5. The van der Waals surface area contributed by atoms with E-state index in [2.05, 4.69) is 43.4 Å². The van der Waals surface area contributed by atoms with Gasteiger partial charge in [0.2, 0.25) is 11.8 Å². The number of ketones is 1. The number of carbonyl (C=O) groups is 3. The maximum atomic E-state index is 12.0. The highest BCUT2D eigenvalue weighted by molar-refractivity contribution is 5.81. The maximum absolute atomic E-state index is 12.0. The third-order valence-electron chi connectivity index (χ3n) is 5.71. The van der Waals surface area contributed by atoms with Crippen molar-refractivity contribution in [3.05, 3.63) is 12.2 Å². The molecule has 0 aromatic rings. The summed E-state index contributed by atoms with van der Waals surface area (Å²) < 4.78 is 11.1. The van der Waals surface area contributed by atoms with Gasteiger partial charge in [0.05, 0.1) is 6.61 Å². The molecule has 0 fully saturated rings.